The summed E-state index contributed by atoms with van der Waals surface area (Å²) in [5, 5.41) is 14.2. The first kappa shape index (κ1) is 27.9. The monoisotopic (exact) mass is 507 g/mol. The van der Waals surface area contributed by atoms with Crippen LogP contribution in [0.5, 0.6) is 5.75 Å². The topological polar surface area (TPSA) is 138 Å². The average Bonchev–Trinajstić information content (AvgIpc) is 2.89. The SMILES string of the molecule is CNC(=O)[C@]1(Cc2ccccc2)CN(C(=O)[C@@H](CCOc2ccccc2)NC(=O)C(C)(C)N)CCC1=N. The number of carbonyl (C=O) groups is 3. The lowest BCUT2D eigenvalue weighted by Crippen LogP contribution is -2.62. The molecule has 9 nitrogen and oxygen atoms in total. The van der Waals surface area contributed by atoms with Gasteiger partial charge in [-0.15, -0.1) is 0 Å². The highest BCUT2D eigenvalue weighted by atomic mass is 16.5. The van der Waals surface area contributed by atoms with Gasteiger partial charge < -0.3 is 31.4 Å². The zero-order valence-electron chi connectivity index (χ0n) is 21.8. The molecule has 1 aliphatic rings. The Bertz CT molecular complexity index is 1090. The number of nitrogens with zero attached hydrogens (tertiary/aromatic N) is 1. The minimum absolute atomic E-state index is 0.0389. The van der Waals surface area contributed by atoms with Gasteiger partial charge in [-0.25, -0.2) is 0 Å². The number of rotatable bonds is 10. The fourth-order valence-corrected chi connectivity index (χ4v) is 4.44. The summed E-state index contributed by atoms with van der Waals surface area (Å²) >= 11 is 0. The van der Waals surface area contributed by atoms with Crippen LogP contribution in [0.25, 0.3) is 0 Å². The summed E-state index contributed by atoms with van der Waals surface area (Å²) in [6.45, 7) is 3.66. The van der Waals surface area contributed by atoms with Gasteiger partial charge in [-0.05, 0) is 38.0 Å². The van der Waals surface area contributed by atoms with Crippen molar-refractivity contribution < 1.29 is 19.1 Å². The largest absolute Gasteiger partial charge is 0.494 e. The number of carbonyl (C=O) groups excluding carboxylic acids is 3. The van der Waals surface area contributed by atoms with Gasteiger partial charge in [-0.1, -0.05) is 48.5 Å². The molecule has 2 aromatic carbocycles. The number of nitrogens with two attached hydrogens (primary N) is 1. The molecule has 0 radical (unpaired) electrons. The number of hydrogen-bond donors (Lipinski definition) is 4. The third kappa shape index (κ3) is 6.95. The van der Waals surface area contributed by atoms with Gasteiger partial charge in [0.25, 0.3) is 0 Å². The van der Waals surface area contributed by atoms with Crippen molar-refractivity contribution in [2.75, 3.05) is 26.7 Å². The van der Waals surface area contributed by atoms with E-state index in [2.05, 4.69) is 10.6 Å². The molecule has 0 saturated carbocycles. The van der Waals surface area contributed by atoms with E-state index in [1.807, 2.05) is 60.7 Å². The van der Waals surface area contributed by atoms with Gasteiger partial charge in [-0.2, -0.15) is 0 Å². The number of ether oxygens (including phenoxy) is 1. The van der Waals surface area contributed by atoms with E-state index in [1.54, 1.807) is 18.7 Å². The van der Waals surface area contributed by atoms with Crippen LogP contribution in [0.3, 0.4) is 0 Å². The number of para-hydroxylation sites is 1. The van der Waals surface area contributed by atoms with Gasteiger partial charge in [-0.3, -0.25) is 14.4 Å². The first-order valence-electron chi connectivity index (χ1n) is 12.5. The standard InChI is InChI=1S/C28H37N5O4/c1-27(2,30)25(35)32-22(15-17-37-21-12-8-5-9-13-21)24(34)33-16-14-23(29)28(19-33,26(36)31-3)18-20-10-6-4-7-11-20/h4-13,22,29H,14-19,30H2,1-3H3,(H,31,36)(H,32,35)/t22-,28-/m1/s1. The summed E-state index contributed by atoms with van der Waals surface area (Å²) in [5.74, 6) is -0.442. The second kappa shape index (κ2) is 12.0. The van der Waals surface area contributed by atoms with Gasteiger partial charge in [0.2, 0.25) is 17.7 Å². The van der Waals surface area contributed by atoms with Crippen LogP contribution in [0.15, 0.2) is 60.7 Å². The summed E-state index contributed by atoms with van der Waals surface area (Å²) < 4.78 is 5.78. The molecule has 9 heteroatoms. The van der Waals surface area contributed by atoms with E-state index in [4.69, 9.17) is 15.9 Å². The molecular weight excluding hydrogens is 470 g/mol. The number of nitrogens with one attached hydrogen (secondary N) is 3. The lowest BCUT2D eigenvalue weighted by atomic mass is 9.72. The maximum absolute atomic E-state index is 13.8. The van der Waals surface area contributed by atoms with Crippen LogP contribution in [0.1, 0.15) is 32.3 Å². The van der Waals surface area contributed by atoms with Gasteiger partial charge in [0.05, 0.1) is 12.1 Å². The Balaban J connectivity index is 1.83. The van der Waals surface area contributed by atoms with Crippen LogP contribution in [0, 0.1) is 10.8 Å². The summed E-state index contributed by atoms with van der Waals surface area (Å²) in [6, 6.07) is 17.8. The van der Waals surface area contributed by atoms with Crippen molar-refractivity contribution in [1.82, 2.24) is 15.5 Å². The van der Waals surface area contributed by atoms with Crippen molar-refractivity contribution in [3.8, 4) is 5.75 Å². The molecule has 0 unspecified atom stereocenters. The van der Waals surface area contributed by atoms with Crippen molar-refractivity contribution >= 4 is 23.4 Å². The van der Waals surface area contributed by atoms with Crippen LogP contribution < -0.4 is 21.1 Å². The minimum Gasteiger partial charge on any atom is -0.494 e. The van der Waals surface area contributed by atoms with Crippen molar-refractivity contribution in [2.45, 2.75) is 44.7 Å². The van der Waals surface area contributed by atoms with Crippen molar-refractivity contribution in [2.24, 2.45) is 11.1 Å². The molecule has 3 amide bonds. The molecule has 3 rings (SSSR count). The molecular formula is C28H37N5O4. The lowest BCUT2D eigenvalue weighted by Gasteiger charge is -2.43. The molecule has 0 aromatic heterocycles. The highest BCUT2D eigenvalue weighted by Crippen LogP contribution is 2.32. The predicted octanol–water partition coefficient (Wildman–Crippen LogP) is 1.90. The van der Waals surface area contributed by atoms with E-state index in [1.165, 1.54) is 7.05 Å². The fraction of sp³-hybridized carbons (Fsp3) is 0.429. The summed E-state index contributed by atoms with van der Waals surface area (Å²) in [5.41, 5.74) is 4.79. The van der Waals surface area contributed by atoms with Crippen molar-refractivity contribution in [3.05, 3.63) is 66.2 Å². The Labute approximate surface area is 218 Å². The Morgan fingerprint density at radius 1 is 1.11 bits per heavy atom. The van der Waals surface area contributed by atoms with Gasteiger partial charge in [0.15, 0.2) is 0 Å². The highest BCUT2D eigenvalue weighted by molar-refractivity contribution is 6.09. The molecule has 1 heterocycles. The summed E-state index contributed by atoms with van der Waals surface area (Å²) in [7, 11) is 1.54. The lowest BCUT2D eigenvalue weighted by molar-refractivity contribution is -0.141. The summed E-state index contributed by atoms with van der Waals surface area (Å²) in [6.07, 6.45) is 0.769. The molecule has 1 fully saturated rings. The Morgan fingerprint density at radius 2 is 1.73 bits per heavy atom. The van der Waals surface area contributed by atoms with E-state index < -0.39 is 22.9 Å². The van der Waals surface area contributed by atoms with Crippen LogP contribution in [-0.2, 0) is 20.8 Å². The maximum Gasteiger partial charge on any atom is 0.245 e. The van der Waals surface area contributed by atoms with Gasteiger partial charge in [0.1, 0.15) is 17.2 Å². The second-order valence-electron chi connectivity index (χ2n) is 10.0. The molecule has 2 aromatic rings. The first-order valence-corrected chi connectivity index (χ1v) is 12.5. The first-order chi connectivity index (χ1) is 17.6. The van der Waals surface area contributed by atoms with Crippen LogP contribution >= 0.6 is 0 Å². The fourth-order valence-electron chi connectivity index (χ4n) is 4.44. The highest BCUT2D eigenvalue weighted by Gasteiger charge is 2.48. The molecule has 1 saturated heterocycles. The molecule has 198 valence electrons. The van der Waals surface area contributed by atoms with Crippen molar-refractivity contribution in [3.63, 3.8) is 0 Å². The van der Waals surface area contributed by atoms with Gasteiger partial charge >= 0.3 is 0 Å². The molecule has 0 spiro atoms. The Kier molecular flexibility index (Phi) is 9.04. The maximum atomic E-state index is 13.8. The van der Waals surface area contributed by atoms with Crippen LogP contribution in [-0.4, -0.2) is 66.7 Å². The van der Waals surface area contributed by atoms with E-state index in [-0.39, 0.29) is 50.1 Å². The zero-order valence-corrected chi connectivity index (χ0v) is 21.8. The molecule has 0 aliphatic carbocycles. The zero-order chi connectivity index (χ0) is 27.1. The van der Waals surface area contributed by atoms with Gasteiger partial charge in [0, 0.05) is 38.7 Å². The molecule has 0 bridgehead atoms. The molecule has 1 aliphatic heterocycles. The smallest absolute Gasteiger partial charge is 0.245 e. The number of amides is 3. The second-order valence-corrected chi connectivity index (χ2v) is 10.0. The summed E-state index contributed by atoms with van der Waals surface area (Å²) in [4.78, 5) is 41.3. The van der Waals surface area contributed by atoms with Crippen LogP contribution in [0.4, 0.5) is 0 Å². The van der Waals surface area contributed by atoms with E-state index in [9.17, 15) is 14.4 Å². The van der Waals surface area contributed by atoms with E-state index in [0.717, 1.165) is 5.56 Å². The minimum atomic E-state index is -1.20. The average molecular weight is 508 g/mol. The quantitative estimate of drug-likeness (QED) is 0.389. The molecule has 5 N–H and O–H groups in total. The Hall–Kier alpha value is -3.72. The van der Waals surface area contributed by atoms with Crippen molar-refractivity contribution in [1.29, 1.82) is 5.41 Å². The number of piperidine rings is 1. The number of hydrogen-bond acceptors (Lipinski definition) is 6. The Morgan fingerprint density at radius 3 is 2.32 bits per heavy atom. The third-order valence-corrected chi connectivity index (χ3v) is 6.60. The van der Waals surface area contributed by atoms with Crippen LogP contribution in [0.2, 0.25) is 0 Å². The third-order valence-electron chi connectivity index (χ3n) is 6.60. The predicted molar refractivity (Wildman–Crippen MR) is 142 cm³/mol. The number of benzene rings is 2. The van der Waals surface area contributed by atoms with E-state index in [0.29, 0.717) is 12.2 Å². The number of likely N-dealkylation sites (tertiary alicyclic amines) is 1. The molecule has 37 heavy (non-hydrogen) atoms. The normalized spacial score (nSPS) is 18.6. The molecule has 2 atom stereocenters. The van der Waals surface area contributed by atoms with E-state index >= 15 is 0 Å².